The zero-order valence-electron chi connectivity index (χ0n) is 16.9. The van der Waals surface area contributed by atoms with E-state index in [2.05, 4.69) is 20.8 Å². The Bertz CT molecular complexity index is 1070. The van der Waals surface area contributed by atoms with E-state index in [1.54, 1.807) is 12.1 Å². The molecule has 9 nitrogen and oxygen atoms in total. The molecule has 3 rings (SSSR count). The number of carbonyl (C=O) groups excluding carboxylic acids is 2. The molecule has 13 heteroatoms. The maximum absolute atomic E-state index is 12.4. The van der Waals surface area contributed by atoms with Crippen molar-refractivity contribution in [1.82, 2.24) is 14.5 Å². The molecule has 0 aliphatic carbocycles. The normalized spacial score (nSPS) is 15.6. The van der Waals surface area contributed by atoms with E-state index in [9.17, 15) is 18.0 Å². The Labute approximate surface area is 194 Å². The molecule has 0 saturated carbocycles. The van der Waals surface area contributed by atoms with Crippen LogP contribution in [0.5, 0.6) is 0 Å². The molecule has 1 aromatic heterocycles. The van der Waals surface area contributed by atoms with Crippen LogP contribution in [-0.4, -0.2) is 59.8 Å². The topological polar surface area (TPSA) is 121 Å². The van der Waals surface area contributed by atoms with Gasteiger partial charge in [-0.2, -0.15) is 0 Å². The van der Waals surface area contributed by atoms with E-state index < -0.39 is 10.0 Å². The number of aromatic nitrogens is 2. The predicted octanol–water partition coefficient (Wildman–Crippen LogP) is 2.84. The minimum Gasteiger partial charge on any atom is -0.325 e. The Morgan fingerprint density at radius 1 is 1.26 bits per heavy atom. The standard InChI is InChI=1S/C18H22ClN5O4S3/c1-11-3-4-13(9-14(11)19)20-15(25)10-29-18-23-22-17(30-18)21-16(26)12-5-7-24(8-6-12)31(2,27)28/h3-4,9,12H,5-8,10H2,1-2H3,(H,20,25)(H,21,22,26). The highest BCUT2D eigenvalue weighted by Crippen LogP contribution is 2.27. The second kappa shape index (κ2) is 10.3. The Hall–Kier alpha value is -1.73. The van der Waals surface area contributed by atoms with Crippen molar-refractivity contribution in [2.45, 2.75) is 24.1 Å². The molecule has 0 radical (unpaired) electrons. The number of anilines is 2. The summed E-state index contributed by atoms with van der Waals surface area (Å²) in [6.45, 7) is 2.54. The van der Waals surface area contributed by atoms with E-state index in [1.165, 1.54) is 33.7 Å². The average molecular weight is 504 g/mol. The number of rotatable bonds is 7. The van der Waals surface area contributed by atoms with Gasteiger partial charge in [0.25, 0.3) is 0 Å². The van der Waals surface area contributed by atoms with Crippen LogP contribution in [-0.2, 0) is 19.6 Å². The number of hydrogen-bond acceptors (Lipinski definition) is 8. The van der Waals surface area contributed by atoms with E-state index >= 15 is 0 Å². The number of sulfonamides is 1. The number of hydrogen-bond donors (Lipinski definition) is 2. The van der Waals surface area contributed by atoms with E-state index in [1.807, 2.05) is 13.0 Å². The molecule has 31 heavy (non-hydrogen) atoms. The van der Waals surface area contributed by atoms with Gasteiger partial charge in [0.15, 0.2) is 4.34 Å². The maximum Gasteiger partial charge on any atom is 0.234 e. The van der Waals surface area contributed by atoms with Crippen LogP contribution in [0.15, 0.2) is 22.5 Å². The number of piperidine rings is 1. The quantitative estimate of drug-likeness (QED) is 0.440. The van der Waals surface area contributed by atoms with Crippen LogP contribution in [0.4, 0.5) is 10.8 Å². The molecule has 1 aliphatic heterocycles. The zero-order valence-corrected chi connectivity index (χ0v) is 20.1. The number of nitrogens with zero attached hydrogens (tertiary/aromatic N) is 3. The summed E-state index contributed by atoms with van der Waals surface area (Å²) in [4.78, 5) is 24.6. The van der Waals surface area contributed by atoms with Gasteiger partial charge in [-0.3, -0.25) is 9.59 Å². The van der Waals surface area contributed by atoms with E-state index in [-0.39, 0.29) is 23.5 Å². The summed E-state index contributed by atoms with van der Waals surface area (Å²) in [5.74, 6) is -0.541. The second-order valence-corrected chi connectivity index (χ2v) is 11.7. The fourth-order valence-corrected chi connectivity index (χ4v) is 5.58. The summed E-state index contributed by atoms with van der Waals surface area (Å²) in [6, 6.07) is 5.30. The molecule has 0 atom stereocenters. The van der Waals surface area contributed by atoms with Gasteiger partial charge >= 0.3 is 0 Å². The maximum atomic E-state index is 12.4. The first kappa shape index (κ1) is 23.9. The number of nitrogens with one attached hydrogen (secondary N) is 2. The minimum atomic E-state index is -3.23. The van der Waals surface area contributed by atoms with Crippen LogP contribution in [0.1, 0.15) is 18.4 Å². The van der Waals surface area contributed by atoms with Gasteiger partial charge < -0.3 is 10.6 Å². The third-order valence-corrected chi connectivity index (χ3v) is 8.40. The molecular weight excluding hydrogens is 482 g/mol. The molecule has 2 heterocycles. The summed E-state index contributed by atoms with van der Waals surface area (Å²) >= 11 is 8.46. The van der Waals surface area contributed by atoms with Gasteiger partial charge in [-0.15, -0.1) is 10.2 Å². The highest BCUT2D eigenvalue weighted by Gasteiger charge is 2.29. The third kappa shape index (κ3) is 6.88. The summed E-state index contributed by atoms with van der Waals surface area (Å²) < 4.78 is 25.1. The van der Waals surface area contributed by atoms with Gasteiger partial charge in [0.2, 0.25) is 27.0 Å². The van der Waals surface area contributed by atoms with Crippen molar-refractivity contribution in [3.8, 4) is 0 Å². The first-order chi connectivity index (χ1) is 14.6. The molecule has 2 aromatic rings. The highest BCUT2D eigenvalue weighted by atomic mass is 35.5. The van der Waals surface area contributed by atoms with Crippen LogP contribution < -0.4 is 10.6 Å². The molecule has 0 bridgehead atoms. The number of aryl methyl sites for hydroxylation is 1. The fourth-order valence-electron chi connectivity index (χ4n) is 2.97. The number of amides is 2. The van der Waals surface area contributed by atoms with Crippen LogP contribution in [0.3, 0.4) is 0 Å². The Kier molecular flexibility index (Phi) is 7.92. The van der Waals surface area contributed by atoms with Crippen molar-refractivity contribution in [3.05, 3.63) is 28.8 Å². The van der Waals surface area contributed by atoms with Gasteiger partial charge in [0.1, 0.15) is 0 Å². The minimum absolute atomic E-state index is 0.137. The molecule has 2 N–H and O–H groups in total. The molecule has 2 amide bonds. The lowest BCUT2D eigenvalue weighted by atomic mass is 9.97. The Morgan fingerprint density at radius 2 is 1.97 bits per heavy atom. The van der Waals surface area contributed by atoms with Gasteiger partial charge in [0, 0.05) is 29.7 Å². The molecule has 1 aromatic carbocycles. The molecule has 1 fully saturated rings. The number of carbonyl (C=O) groups is 2. The third-order valence-electron chi connectivity index (χ3n) is 4.71. The van der Waals surface area contributed by atoms with Gasteiger partial charge in [-0.1, -0.05) is 40.8 Å². The van der Waals surface area contributed by atoms with Crippen molar-refractivity contribution in [1.29, 1.82) is 0 Å². The molecule has 1 aliphatic rings. The van der Waals surface area contributed by atoms with Crippen molar-refractivity contribution in [2.75, 3.05) is 35.7 Å². The van der Waals surface area contributed by atoms with Gasteiger partial charge in [-0.25, -0.2) is 12.7 Å². The van der Waals surface area contributed by atoms with E-state index in [0.717, 1.165) is 5.56 Å². The highest BCUT2D eigenvalue weighted by molar-refractivity contribution is 8.01. The summed E-state index contributed by atoms with van der Waals surface area (Å²) in [5, 5.41) is 14.4. The van der Waals surface area contributed by atoms with Crippen molar-refractivity contribution in [3.63, 3.8) is 0 Å². The number of halogens is 1. The number of benzene rings is 1. The van der Waals surface area contributed by atoms with E-state index in [0.29, 0.717) is 46.1 Å². The summed E-state index contributed by atoms with van der Waals surface area (Å²) in [5.41, 5.74) is 1.55. The van der Waals surface area contributed by atoms with Crippen molar-refractivity contribution >= 4 is 67.4 Å². The zero-order chi connectivity index (χ0) is 22.6. The van der Waals surface area contributed by atoms with Crippen molar-refractivity contribution < 1.29 is 18.0 Å². The van der Waals surface area contributed by atoms with E-state index in [4.69, 9.17) is 11.6 Å². The Balaban J connectivity index is 1.45. The Morgan fingerprint density at radius 3 is 2.61 bits per heavy atom. The molecule has 0 unspecified atom stereocenters. The van der Waals surface area contributed by atoms with Gasteiger partial charge in [0.05, 0.1) is 12.0 Å². The van der Waals surface area contributed by atoms with Gasteiger partial charge in [-0.05, 0) is 37.5 Å². The van der Waals surface area contributed by atoms with Crippen LogP contribution in [0.2, 0.25) is 5.02 Å². The first-order valence-electron chi connectivity index (χ1n) is 9.40. The van der Waals surface area contributed by atoms with Crippen molar-refractivity contribution in [2.24, 2.45) is 5.92 Å². The summed E-state index contributed by atoms with van der Waals surface area (Å²) in [7, 11) is -3.23. The molecule has 168 valence electrons. The largest absolute Gasteiger partial charge is 0.325 e. The van der Waals surface area contributed by atoms with Crippen LogP contribution >= 0.6 is 34.7 Å². The first-order valence-corrected chi connectivity index (χ1v) is 13.4. The smallest absolute Gasteiger partial charge is 0.234 e. The average Bonchev–Trinajstić information content (AvgIpc) is 3.16. The lowest BCUT2D eigenvalue weighted by Gasteiger charge is -2.29. The number of thioether (sulfide) groups is 1. The summed E-state index contributed by atoms with van der Waals surface area (Å²) in [6.07, 6.45) is 2.09. The van der Waals surface area contributed by atoms with Crippen LogP contribution in [0.25, 0.3) is 0 Å². The molecular formula is C18H22ClN5O4S3. The molecule has 1 saturated heterocycles. The predicted molar refractivity (Wildman–Crippen MR) is 123 cm³/mol. The SMILES string of the molecule is Cc1ccc(NC(=O)CSc2nnc(NC(=O)C3CCN(S(C)(=O)=O)CC3)s2)cc1Cl. The lowest BCUT2D eigenvalue weighted by molar-refractivity contribution is -0.121. The lowest BCUT2D eigenvalue weighted by Crippen LogP contribution is -2.40. The monoisotopic (exact) mass is 503 g/mol. The second-order valence-electron chi connectivity index (χ2n) is 7.10. The van der Waals surface area contributed by atoms with Crippen LogP contribution in [0, 0.1) is 12.8 Å². The molecule has 0 spiro atoms. The fraction of sp³-hybridized carbons (Fsp3) is 0.444.